The van der Waals surface area contributed by atoms with Crippen LogP contribution in [0.3, 0.4) is 0 Å². The minimum atomic E-state index is -0.161. The van der Waals surface area contributed by atoms with Crippen molar-refractivity contribution in [2.45, 2.75) is 26.0 Å². The minimum absolute atomic E-state index is 0.00316. The number of aryl methyl sites for hydroxylation is 1. The zero-order chi connectivity index (χ0) is 16.4. The number of thiophene rings is 1. The van der Waals surface area contributed by atoms with Crippen LogP contribution in [-0.4, -0.2) is 59.9 Å². The van der Waals surface area contributed by atoms with E-state index in [-0.39, 0.29) is 18.1 Å². The van der Waals surface area contributed by atoms with Crippen molar-refractivity contribution in [1.82, 2.24) is 20.4 Å². The van der Waals surface area contributed by atoms with E-state index < -0.39 is 0 Å². The summed E-state index contributed by atoms with van der Waals surface area (Å²) in [7, 11) is 2.03. The first-order valence-corrected chi connectivity index (χ1v) is 8.61. The molecule has 0 aliphatic carbocycles. The molecule has 0 aromatic carbocycles. The Kier molecular flexibility index (Phi) is 4.79. The van der Waals surface area contributed by atoms with Crippen molar-refractivity contribution >= 4 is 17.2 Å². The highest BCUT2D eigenvalue weighted by Crippen LogP contribution is 2.26. The molecule has 1 aliphatic heterocycles. The first kappa shape index (κ1) is 16.2. The summed E-state index contributed by atoms with van der Waals surface area (Å²) < 4.78 is 5.72. The van der Waals surface area contributed by atoms with E-state index in [1.807, 2.05) is 20.0 Å². The van der Waals surface area contributed by atoms with Crippen LogP contribution in [0.1, 0.15) is 22.3 Å². The van der Waals surface area contributed by atoms with Crippen LogP contribution in [0.4, 0.5) is 0 Å². The highest BCUT2D eigenvalue weighted by atomic mass is 32.1. The molecule has 3 heterocycles. The van der Waals surface area contributed by atoms with E-state index in [1.165, 1.54) is 4.88 Å². The van der Waals surface area contributed by atoms with Crippen LogP contribution in [0.25, 0.3) is 10.6 Å². The van der Waals surface area contributed by atoms with Gasteiger partial charge in [-0.05, 0) is 39.1 Å². The number of aromatic amines is 1. The third kappa shape index (κ3) is 3.63. The number of hydrogen-bond acceptors (Lipinski definition) is 5. The smallest absolute Gasteiger partial charge is 0.272 e. The van der Waals surface area contributed by atoms with Crippen molar-refractivity contribution in [2.75, 3.05) is 26.7 Å². The molecule has 0 spiro atoms. The number of amides is 1. The molecule has 0 unspecified atom stereocenters. The summed E-state index contributed by atoms with van der Waals surface area (Å²) in [6, 6.07) is 5.89. The Bertz CT molecular complexity index is 681. The molecule has 0 bridgehead atoms. The van der Waals surface area contributed by atoms with Gasteiger partial charge in [0.15, 0.2) is 5.69 Å². The van der Waals surface area contributed by atoms with Crippen LogP contribution < -0.4 is 5.32 Å². The first-order valence-electron chi connectivity index (χ1n) is 7.80. The standard InChI is InChI=1S/C16H22N4O2S/c1-4-22-14-9-20(3)8-13(14)17-16(21)12-7-11(18-19-12)15-6-5-10(2)23-15/h5-7,13-14H,4,8-9H2,1-3H3,(H,17,21)(H,18,19)/t13-,14-/m0/s1. The number of H-pyrrole nitrogens is 1. The molecule has 1 aliphatic rings. The van der Waals surface area contributed by atoms with Crippen molar-refractivity contribution in [1.29, 1.82) is 0 Å². The van der Waals surface area contributed by atoms with Crippen LogP contribution in [-0.2, 0) is 4.74 Å². The maximum Gasteiger partial charge on any atom is 0.272 e. The number of aromatic nitrogens is 2. The molecule has 2 N–H and O–H groups in total. The number of likely N-dealkylation sites (N-methyl/N-ethyl adjacent to an activating group) is 1. The number of nitrogens with one attached hydrogen (secondary N) is 2. The Morgan fingerprint density at radius 2 is 2.35 bits per heavy atom. The van der Waals surface area contributed by atoms with E-state index in [0.29, 0.717) is 12.3 Å². The summed E-state index contributed by atoms with van der Waals surface area (Å²) in [6.45, 7) is 6.30. The van der Waals surface area contributed by atoms with E-state index in [9.17, 15) is 4.79 Å². The molecule has 6 nitrogen and oxygen atoms in total. The number of carbonyl (C=O) groups is 1. The number of nitrogens with zero attached hydrogens (tertiary/aromatic N) is 2. The van der Waals surface area contributed by atoms with Gasteiger partial charge in [-0.1, -0.05) is 0 Å². The zero-order valence-electron chi connectivity index (χ0n) is 13.6. The highest BCUT2D eigenvalue weighted by Gasteiger charge is 2.33. The van der Waals surface area contributed by atoms with E-state index in [0.717, 1.165) is 23.7 Å². The van der Waals surface area contributed by atoms with Crippen LogP contribution in [0.5, 0.6) is 0 Å². The van der Waals surface area contributed by atoms with Gasteiger partial charge in [0.2, 0.25) is 0 Å². The van der Waals surface area contributed by atoms with Gasteiger partial charge in [0.1, 0.15) is 0 Å². The Morgan fingerprint density at radius 3 is 3.04 bits per heavy atom. The van der Waals surface area contributed by atoms with Gasteiger partial charge in [0.25, 0.3) is 5.91 Å². The SMILES string of the molecule is CCO[C@H]1CN(C)C[C@@H]1NC(=O)c1cc(-c2ccc(C)s2)[nH]n1. The van der Waals surface area contributed by atoms with Crippen LogP contribution in [0, 0.1) is 6.92 Å². The molecule has 7 heteroatoms. The molecule has 0 radical (unpaired) electrons. The largest absolute Gasteiger partial charge is 0.375 e. The summed E-state index contributed by atoms with van der Waals surface area (Å²) in [5.74, 6) is -0.161. The maximum absolute atomic E-state index is 12.4. The second-order valence-electron chi connectivity index (χ2n) is 5.87. The number of hydrogen-bond donors (Lipinski definition) is 2. The molecule has 3 rings (SSSR count). The van der Waals surface area contributed by atoms with Gasteiger partial charge in [0, 0.05) is 24.6 Å². The topological polar surface area (TPSA) is 70.2 Å². The Morgan fingerprint density at radius 1 is 1.52 bits per heavy atom. The van der Waals surface area contributed by atoms with Gasteiger partial charge in [0.05, 0.1) is 22.7 Å². The van der Waals surface area contributed by atoms with Gasteiger partial charge >= 0.3 is 0 Å². The Balaban J connectivity index is 1.68. The van der Waals surface area contributed by atoms with Crippen LogP contribution in [0.2, 0.25) is 0 Å². The minimum Gasteiger partial charge on any atom is -0.375 e. The Hall–Kier alpha value is -1.70. The molecule has 0 saturated carbocycles. The lowest BCUT2D eigenvalue weighted by atomic mass is 10.2. The van der Waals surface area contributed by atoms with E-state index in [4.69, 9.17) is 4.74 Å². The molecule has 2 aromatic heterocycles. The molecule has 1 saturated heterocycles. The fourth-order valence-corrected chi connectivity index (χ4v) is 3.70. The van der Waals surface area contributed by atoms with Gasteiger partial charge < -0.3 is 15.0 Å². The van der Waals surface area contributed by atoms with Crippen LogP contribution in [0.15, 0.2) is 18.2 Å². The lowest BCUT2D eigenvalue weighted by Gasteiger charge is -2.19. The van der Waals surface area contributed by atoms with Gasteiger partial charge in [-0.15, -0.1) is 11.3 Å². The fraction of sp³-hybridized carbons (Fsp3) is 0.500. The van der Waals surface area contributed by atoms with Crippen molar-refractivity contribution in [3.63, 3.8) is 0 Å². The number of carbonyl (C=O) groups excluding carboxylic acids is 1. The lowest BCUT2D eigenvalue weighted by Crippen LogP contribution is -2.44. The average molecular weight is 334 g/mol. The van der Waals surface area contributed by atoms with Crippen molar-refractivity contribution in [2.24, 2.45) is 0 Å². The molecule has 124 valence electrons. The molecule has 2 atom stereocenters. The number of likely N-dealkylation sites (tertiary alicyclic amines) is 1. The first-order chi connectivity index (χ1) is 11.1. The second kappa shape index (κ2) is 6.82. The quantitative estimate of drug-likeness (QED) is 0.876. The third-order valence-corrected chi connectivity index (χ3v) is 5.00. The molecule has 2 aromatic rings. The molecular formula is C16H22N4O2S. The lowest BCUT2D eigenvalue weighted by molar-refractivity contribution is 0.0512. The predicted molar refractivity (Wildman–Crippen MR) is 90.8 cm³/mol. The van der Waals surface area contributed by atoms with E-state index >= 15 is 0 Å². The maximum atomic E-state index is 12.4. The summed E-state index contributed by atoms with van der Waals surface area (Å²) >= 11 is 1.68. The summed E-state index contributed by atoms with van der Waals surface area (Å²) in [4.78, 5) is 16.9. The molecule has 1 amide bonds. The van der Waals surface area contributed by atoms with Crippen molar-refractivity contribution in [3.8, 4) is 10.6 Å². The normalized spacial score (nSPS) is 21.7. The van der Waals surface area contributed by atoms with E-state index in [1.54, 1.807) is 17.4 Å². The molecule has 23 heavy (non-hydrogen) atoms. The van der Waals surface area contributed by atoms with Crippen molar-refractivity contribution < 1.29 is 9.53 Å². The third-order valence-electron chi connectivity index (χ3n) is 3.96. The Labute approximate surface area is 139 Å². The number of ether oxygens (including phenoxy) is 1. The summed E-state index contributed by atoms with van der Waals surface area (Å²) in [5.41, 5.74) is 1.29. The highest BCUT2D eigenvalue weighted by molar-refractivity contribution is 7.15. The fourth-order valence-electron chi connectivity index (χ4n) is 2.87. The zero-order valence-corrected chi connectivity index (χ0v) is 14.4. The molecule has 1 fully saturated rings. The summed E-state index contributed by atoms with van der Waals surface area (Å²) in [5, 5.41) is 10.1. The van der Waals surface area contributed by atoms with Gasteiger partial charge in [-0.2, -0.15) is 5.10 Å². The summed E-state index contributed by atoms with van der Waals surface area (Å²) in [6.07, 6.45) is 0.0345. The second-order valence-corrected chi connectivity index (χ2v) is 7.16. The average Bonchev–Trinajstić information content (AvgIpc) is 3.20. The van der Waals surface area contributed by atoms with Gasteiger partial charge in [-0.25, -0.2) is 0 Å². The monoisotopic (exact) mass is 334 g/mol. The predicted octanol–water partition coefficient (Wildman–Crippen LogP) is 1.90. The number of rotatable bonds is 5. The van der Waals surface area contributed by atoms with Crippen molar-refractivity contribution in [3.05, 3.63) is 28.8 Å². The molecular weight excluding hydrogens is 312 g/mol. The van der Waals surface area contributed by atoms with Gasteiger partial charge in [-0.3, -0.25) is 9.89 Å². The van der Waals surface area contributed by atoms with Crippen LogP contribution >= 0.6 is 11.3 Å². The van der Waals surface area contributed by atoms with E-state index in [2.05, 4.69) is 33.4 Å².